The van der Waals surface area contributed by atoms with Crippen LogP contribution < -0.4 is 5.32 Å². The van der Waals surface area contributed by atoms with Gasteiger partial charge in [-0.1, -0.05) is 0 Å². The standard InChI is InChI=1S/C19H15N3O3/c23-12-3-4-15-14(8-12)11(10-22-15)5-7-20-16-9-17(24)13-2-1-6-21-18(13)19(16)25/h1-4,6,8-10,20,22-23H,5,7H2. The number of aromatic hydroxyl groups is 1. The molecule has 0 atom stereocenters. The third-order valence-electron chi connectivity index (χ3n) is 4.27. The zero-order chi connectivity index (χ0) is 17.4. The van der Waals surface area contributed by atoms with Crippen molar-refractivity contribution < 1.29 is 14.7 Å². The first kappa shape index (κ1) is 15.1. The van der Waals surface area contributed by atoms with Crippen LogP contribution in [0.25, 0.3) is 10.9 Å². The van der Waals surface area contributed by atoms with E-state index >= 15 is 0 Å². The first-order valence-corrected chi connectivity index (χ1v) is 7.92. The Kier molecular flexibility index (Phi) is 3.57. The summed E-state index contributed by atoms with van der Waals surface area (Å²) in [5, 5.41) is 13.6. The van der Waals surface area contributed by atoms with E-state index in [1.54, 1.807) is 24.3 Å². The number of aromatic nitrogens is 2. The number of aromatic amines is 1. The summed E-state index contributed by atoms with van der Waals surface area (Å²) in [4.78, 5) is 31.7. The van der Waals surface area contributed by atoms with Gasteiger partial charge in [0, 0.05) is 35.9 Å². The minimum atomic E-state index is -0.272. The molecule has 6 nitrogen and oxygen atoms in total. The van der Waals surface area contributed by atoms with Crippen molar-refractivity contribution >= 4 is 22.5 Å². The lowest BCUT2D eigenvalue weighted by molar-refractivity contribution is 0.0974. The molecule has 1 aliphatic rings. The highest BCUT2D eigenvalue weighted by Gasteiger charge is 2.26. The Bertz CT molecular complexity index is 1030. The van der Waals surface area contributed by atoms with Gasteiger partial charge in [-0.15, -0.1) is 0 Å². The van der Waals surface area contributed by atoms with Crippen molar-refractivity contribution in [2.24, 2.45) is 0 Å². The number of benzene rings is 1. The van der Waals surface area contributed by atoms with Gasteiger partial charge >= 0.3 is 0 Å². The smallest absolute Gasteiger partial charge is 0.228 e. The van der Waals surface area contributed by atoms with Crippen LogP contribution in [0.2, 0.25) is 0 Å². The first-order chi connectivity index (χ1) is 12.1. The lowest BCUT2D eigenvalue weighted by Crippen LogP contribution is -2.28. The third-order valence-corrected chi connectivity index (χ3v) is 4.27. The van der Waals surface area contributed by atoms with Crippen molar-refractivity contribution in [3.8, 4) is 5.75 Å². The van der Waals surface area contributed by atoms with Crippen LogP contribution in [0.4, 0.5) is 0 Å². The number of Topliss-reactive ketones (excluding diaryl/α,β-unsaturated/α-hetero) is 1. The summed E-state index contributed by atoms with van der Waals surface area (Å²) in [6, 6.07) is 8.39. The summed E-state index contributed by atoms with van der Waals surface area (Å²) in [6.45, 7) is 0.482. The fourth-order valence-corrected chi connectivity index (χ4v) is 3.02. The van der Waals surface area contributed by atoms with Crippen LogP contribution in [-0.2, 0) is 6.42 Å². The van der Waals surface area contributed by atoms with E-state index in [0.29, 0.717) is 18.5 Å². The fraction of sp³-hybridized carbons (Fsp3) is 0.105. The highest BCUT2D eigenvalue weighted by Crippen LogP contribution is 2.23. The van der Waals surface area contributed by atoms with Crippen molar-refractivity contribution in [2.45, 2.75) is 6.42 Å². The fourth-order valence-electron chi connectivity index (χ4n) is 3.02. The normalized spacial score (nSPS) is 13.7. The summed E-state index contributed by atoms with van der Waals surface area (Å²) >= 11 is 0. The summed E-state index contributed by atoms with van der Waals surface area (Å²) in [5.74, 6) is -0.284. The molecular formula is C19H15N3O3. The molecule has 1 aromatic carbocycles. The van der Waals surface area contributed by atoms with E-state index in [1.807, 2.05) is 12.3 Å². The number of carbonyl (C=O) groups is 2. The number of ketones is 2. The number of fused-ring (bicyclic) bond motifs is 2. The summed E-state index contributed by atoms with van der Waals surface area (Å²) in [5.41, 5.74) is 2.75. The predicted molar refractivity (Wildman–Crippen MR) is 92.7 cm³/mol. The third kappa shape index (κ3) is 2.67. The molecule has 0 radical (unpaired) electrons. The molecule has 1 aliphatic carbocycles. The molecule has 25 heavy (non-hydrogen) atoms. The maximum absolute atomic E-state index is 12.4. The molecule has 0 bridgehead atoms. The maximum Gasteiger partial charge on any atom is 0.228 e. The Labute approximate surface area is 143 Å². The summed E-state index contributed by atoms with van der Waals surface area (Å²) < 4.78 is 0. The van der Waals surface area contributed by atoms with E-state index in [4.69, 9.17) is 0 Å². The van der Waals surface area contributed by atoms with E-state index in [0.717, 1.165) is 16.5 Å². The molecular weight excluding hydrogens is 318 g/mol. The van der Waals surface area contributed by atoms with Gasteiger partial charge in [-0.05, 0) is 42.3 Å². The van der Waals surface area contributed by atoms with Gasteiger partial charge in [-0.25, -0.2) is 0 Å². The number of phenolic OH excluding ortho intramolecular Hbond substituents is 1. The van der Waals surface area contributed by atoms with Gasteiger partial charge in [0.1, 0.15) is 11.4 Å². The van der Waals surface area contributed by atoms with Crippen LogP contribution in [0.3, 0.4) is 0 Å². The second-order valence-corrected chi connectivity index (χ2v) is 5.87. The number of H-pyrrole nitrogens is 1. The molecule has 0 unspecified atom stereocenters. The Morgan fingerprint density at radius 3 is 2.96 bits per heavy atom. The van der Waals surface area contributed by atoms with E-state index in [1.165, 1.54) is 12.3 Å². The average molecular weight is 333 g/mol. The quantitative estimate of drug-likeness (QED) is 0.681. The zero-order valence-corrected chi connectivity index (χ0v) is 13.2. The van der Waals surface area contributed by atoms with E-state index in [9.17, 15) is 14.7 Å². The number of carbonyl (C=O) groups excluding carboxylic acids is 2. The molecule has 4 rings (SSSR count). The summed E-state index contributed by atoms with van der Waals surface area (Å²) in [6.07, 6.45) is 5.35. The molecule has 0 saturated carbocycles. The maximum atomic E-state index is 12.4. The van der Waals surface area contributed by atoms with Gasteiger partial charge in [-0.3, -0.25) is 14.6 Å². The molecule has 124 valence electrons. The minimum Gasteiger partial charge on any atom is -0.508 e. The lowest BCUT2D eigenvalue weighted by atomic mass is 9.97. The highest BCUT2D eigenvalue weighted by molar-refractivity contribution is 6.23. The number of rotatable bonds is 4. The predicted octanol–water partition coefficient (Wildman–Crippen LogP) is 2.36. The van der Waals surface area contributed by atoms with Gasteiger partial charge in [0.2, 0.25) is 5.78 Å². The molecule has 0 spiro atoms. The van der Waals surface area contributed by atoms with E-state index in [-0.39, 0.29) is 28.7 Å². The van der Waals surface area contributed by atoms with Gasteiger partial charge in [0.25, 0.3) is 0 Å². The van der Waals surface area contributed by atoms with E-state index in [2.05, 4.69) is 15.3 Å². The Morgan fingerprint density at radius 2 is 2.08 bits per heavy atom. The Hall–Kier alpha value is -3.41. The number of allylic oxidation sites excluding steroid dienone is 2. The van der Waals surface area contributed by atoms with Crippen molar-refractivity contribution in [1.82, 2.24) is 15.3 Å². The largest absolute Gasteiger partial charge is 0.508 e. The first-order valence-electron chi connectivity index (χ1n) is 7.92. The monoisotopic (exact) mass is 333 g/mol. The molecule has 0 amide bonds. The van der Waals surface area contributed by atoms with Crippen LogP contribution >= 0.6 is 0 Å². The number of phenols is 1. The van der Waals surface area contributed by atoms with Crippen molar-refractivity contribution in [3.63, 3.8) is 0 Å². The topological polar surface area (TPSA) is 95.1 Å². The molecule has 6 heteroatoms. The van der Waals surface area contributed by atoms with Gasteiger partial charge < -0.3 is 15.4 Å². The minimum absolute atomic E-state index is 0.189. The molecule has 2 aromatic heterocycles. The summed E-state index contributed by atoms with van der Waals surface area (Å²) in [7, 11) is 0. The highest BCUT2D eigenvalue weighted by atomic mass is 16.3. The molecule has 0 aliphatic heterocycles. The average Bonchev–Trinajstić information content (AvgIpc) is 3.01. The molecule has 0 saturated heterocycles. The van der Waals surface area contributed by atoms with Gasteiger partial charge in [0.15, 0.2) is 5.78 Å². The molecule has 3 N–H and O–H groups in total. The SMILES string of the molecule is O=C1C=C(NCCc2c[nH]c3ccc(O)cc23)C(=O)c2ncccc21. The second kappa shape index (κ2) is 5.90. The molecule has 3 aromatic rings. The molecule has 2 heterocycles. The zero-order valence-electron chi connectivity index (χ0n) is 13.2. The van der Waals surface area contributed by atoms with Crippen molar-refractivity contribution in [3.05, 3.63) is 71.3 Å². The number of hydrogen-bond acceptors (Lipinski definition) is 5. The Morgan fingerprint density at radius 1 is 1.20 bits per heavy atom. The van der Waals surface area contributed by atoms with Crippen LogP contribution in [0.1, 0.15) is 26.4 Å². The van der Waals surface area contributed by atoms with Gasteiger partial charge in [0.05, 0.1) is 11.3 Å². The van der Waals surface area contributed by atoms with Crippen LogP contribution in [-0.4, -0.2) is 33.2 Å². The van der Waals surface area contributed by atoms with Crippen molar-refractivity contribution in [1.29, 1.82) is 0 Å². The number of hydrogen-bond donors (Lipinski definition) is 3. The van der Waals surface area contributed by atoms with Crippen LogP contribution in [0.15, 0.2) is 54.5 Å². The number of nitrogens with zero attached hydrogens (tertiary/aromatic N) is 1. The van der Waals surface area contributed by atoms with Gasteiger partial charge in [-0.2, -0.15) is 0 Å². The van der Waals surface area contributed by atoms with Crippen LogP contribution in [0.5, 0.6) is 5.75 Å². The van der Waals surface area contributed by atoms with Crippen molar-refractivity contribution in [2.75, 3.05) is 6.54 Å². The lowest BCUT2D eigenvalue weighted by Gasteiger charge is -2.15. The Balaban J connectivity index is 1.49. The van der Waals surface area contributed by atoms with Crippen LogP contribution in [0, 0.1) is 0 Å². The number of nitrogens with one attached hydrogen (secondary N) is 2. The molecule has 0 fully saturated rings. The van der Waals surface area contributed by atoms with E-state index < -0.39 is 0 Å². The number of pyridine rings is 1. The second-order valence-electron chi connectivity index (χ2n) is 5.87.